The third kappa shape index (κ3) is 5.23. The number of esters is 1. The van der Waals surface area contributed by atoms with Gasteiger partial charge in [-0.3, -0.25) is 0 Å². The molecule has 0 radical (unpaired) electrons. The molecule has 2 rings (SSSR count). The molecule has 116 valence electrons. The van der Waals surface area contributed by atoms with Crippen LogP contribution in [0.1, 0.15) is 55.8 Å². The summed E-state index contributed by atoms with van der Waals surface area (Å²) in [5.74, 6) is 0.940. The highest BCUT2D eigenvalue weighted by Crippen LogP contribution is 2.32. The fourth-order valence-electron chi connectivity index (χ4n) is 2.56. The number of benzene rings is 1. The molecule has 0 N–H and O–H groups in total. The van der Waals surface area contributed by atoms with Gasteiger partial charge < -0.3 is 4.74 Å². The van der Waals surface area contributed by atoms with Gasteiger partial charge in [-0.25, -0.2) is 4.79 Å². The van der Waals surface area contributed by atoms with Crippen LogP contribution in [0.25, 0.3) is 0 Å². The van der Waals surface area contributed by atoms with Crippen molar-refractivity contribution in [1.82, 2.24) is 0 Å². The molecular formula is C17H23ClO2S. The average molecular weight is 327 g/mol. The Kier molecular flexibility index (Phi) is 6.91. The van der Waals surface area contributed by atoms with Gasteiger partial charge in [0.05, 0.1) is 5.56 Å². The van der Waals surface area contributed by atoms with Crippen LogP contribution >= 0.6 is 23.4 Å². The number of unbranched alkanes of at least 4 members (excludes halogenated alkanes) is 1. The van der Waals surface area contributed by atoms with Crippen molar-refractivity contribution in [2.45, 2.75) is 56.8 Å². The molecule has 1 aliphatic rings. The minimum Gasteiger partial charge on any atom is -0.458 e. The van der Waals surface area contributed by atoms with Crippen molar-refractivity contribution >= 4 is 29.3 Å². The molecule has 2 atom stereocenters. The lowest BCUT2D eigenvalue weighted by atomic mass is 9.97. The van der Waals surface area contributed by atoms with Gasteiger partial charge in [0, 0.05) is 10.3 Å². The summed E-state index contributed by atoms with van der Waals surface area (Å²) in [6.45, 7) is 2.21. The van der Waals surface area contributed by atoms with E-state index in [1.165, 1.54) is 19.3 Å². The summed E-state index contributed by atoms with van der Waals surface area (Å²) in [7, 11) is 0. The van der Waals surface area contributed by atoms with Crippen molar-refractivity contribution in [3.05, 3.63) is 34.9 Å². The van der Waals surface area contributed by atoms with Crippen molar-refractivity contribution < 1.29 is 9.53 Å². The van der Waals surface area contributed by atoms with Gasteiger partial charge >= 0.3 is 5.97 Å². The lowest BCUT2D eigenvalue weighted by Gasteiger charge is -2.30. The highest BCUT2D eigenvalue weighted by Gasteiger charge is 2.28. The molecule has 1 fully saturated rings. The number of carbonyl (C=O) groups is 1. The van der Waals surface area contributed by atoms with E-state index in [1.807, 2.05) is 11.8 Å². The van der Waals surface area contributed by atoms with E-state index < -0.39 is 0 Å². The summed E-state index contributed by atoms with van der Waals surface area (Å²) in [5.41, 5.74) is 0.585. The van der Waals surface area contributed by atoms with Gasteiger partial charge in [0.25, 0.3) is 0 Å². The molecule has 0 bridgehead atoms. The quantitative estimate of drug-likeness (QED) is 0.521. The van der Waals surface area contributed by atoms with E-state index in [9.17, 15) is 4.79 Å². The van der Waals surface area contributed by atoms with Crippen LogP contribution in [-0.4, -0.2) is 23.1 Å². The van der Waals surface area contributed by atoms with Gasteiger partial charge in [0.1, 0.15) is 6.10 Å². The maximum Gasteiger partial charge on any atom is 0.338 e. The molecule has 0 aliphatic heterocycles. The van der Waals surface area contributed by atoms with Crippen LogP contribution in [0.5, 0.6) is 0 Å². The van der Waals surface area contributed by atoms with Crippen molar-refractivity contribution in [2.24, 2.45) is 0 Å². The predicted molar refractivity (Wildman–Crippen MR) is 90.3 cm³/mol. The molecule has 0 spiro atoms. The molecular weight excluding hydrogens is 304 g/mol. The molecule has 1 aromatic rings. The number of halogens is 1. The van der Waals surface area contributed by atoms with Gasteiger partial charge in [-0.05, 0) is 55.7 Å². The van der Waals surface area contributed by atoms with E-state index in [2.05, 4.69) is 6.92 Å². The Bertz CT molecular complexity index is 447. The van der Waals surface area contributed by atoms with Crippen molar-refractivity contribution in [2.75, 3.05) is 5.75 Å². The van der Waals surface area contributed by atoms with E-state index >= 15 is 0 Å². The number of ether oxygens (including phenoxy) is 1. The highest BCUT2D eigenvalue weighted by molar-refractivity contribution is 7.99. The van der Waals surface area contributed by atoms with E-state index in [4.69, 9.17) is 16.3 Å². The molecule has 0 saturated heterocycles. The number of rotatable bonds is 6. The smallest absolute Gasteiger partial charge is 0.338 e. The van der Waals surface area contributed by atoms with E-state index in [0.717, 1.165) is 25.0 Å². The number of hydrogen-bond donors (Lipinski definition) is 0. The Labute approximate surface area is 136 Å². The van der Waals surface area contributed by atoms with Crippen molar-refractivity contribution in [1.29, 1.82) is 0 Å². The topological polar surface area (TPSA) is 26.3 Å². The summed E-state index contributed by atoms with van der Waals surface area (Å²) < 4.78 is 5.76. The third-order valence-corrected chi connectivity index (χ3v) is 5.55. The van der Waals surface area contributed by atoms with Crippen LogP contribution in [0.3, 0.4) is 0 Å². The van der Waals surface area contributed by atoms with Gasteiger partial charge in [-0.15, -0.1) is 0 Å². The van der Waals surface area contributed by atoms with E-state index in [0.29, 0.717) is 15.8 Å². The Balaban J connectivity index is 1.91. The molecule has 0 unspecified atom stereocenters. The maximum atomic E-state index is 12.2. The van der Waals surface area contributed by atoms with Gasteiger partial charge in [0.15, 0.2) is 0 Å². The van der Waals surface area contributed by atoms with Crippen LogP contribution in [0, 0.1) is 0 Å². The zero-order valence-electron chi connectivity index (χ0n) is 12.5. The van der Waals surface area contributed by atoms with E-state index in [-0.39, 0.29) is 12.1 Å². The minimum absolute atomic E-state index is 0.0591. The van der Waals surface area contributed by atoms with Crippen LogP contribution in [-0.2, 0) is 4.74 Å². The second kappa shape index (κ2) is 8.70. The average Bonchev–Trinajstić information content (AvgIpc) is 2.50. The second-order valence-corrected chi connectivity index (χ2v) is 7.28. The molecule has 1 aliphatic carbocycles. The zero-order valence-corrected chi connectivity index (χ0v) is 14.1. The minimum atomic E-state index is -0.223. The van der Waals surface area contributed by atoms with Crippen molar-refractivity contribution in [3.8, 4) is 0 Å². The molecule has 0 amide bonds. The van der Waals surface area contributed by atoms with Crippen LogP contribution < -0.4 is 0 Å². The fourth-order valence-corrected chi connectivity index (χ4v) is 4.18. The number of hydrogen-bond acceptors (Lipinski definition) is 3. The molecule has 1 aromatic carbocycles. The first-order chi connectivity index (χ1) is 10.2. The van der Waals surface area contributed by atoms with Crippen LogP contribution in [0.15, 0.2) is 24.3 Å². The summed E-state index contributed by atoms with van der Waals surface area (Å²) >= 11 is 7.82. The first kappa shape index (κ1) is 16.7. The summed E-state index contributed by atoms with van der Waals surface area (Å²) in [5, 5.41) is 1.10. The molecule has 0 aromatic heterocycles. The van der Waals surface area contributed by atoms with Gasteiger partial charge in [0.2, 0.25) is 0 Å². The Hall–Kier alpha value is -0.670. The fraction of sp³-hybridized carbons (Fsp3) is 0.588. The predicted octanol–water partition coefficient (Wildman–Crippen LogP) is 5.34. The summed E-state index contributed by atoms with van der Waals surface area (Å²) in [6, 6.07) is 6.92. The van der Waals surface area contributed by atoms with Crippen LogP contribution in [0.4, 0.5) is 0 Å². The van der Waals surface area contributed by atoms with Gasteiger partial charge in [-0.1, -0.05) is 31.4 Å². The molecule has 21 heavy (non-hydrogen) atoms. The second-order valence-electron chi connectivity index (χ2n) is 5.50. The Morgan fingerprint density at radius 2 is 2.00 bits per heavy atom. The summed E-state index contributed by atoms with van der Waals surface area (Å²) in [4.78, 5) is 12.2. The Morgan fingerprint density at radius 3 is 2.71 bits per heavy atom. The largest absolute Gasteiger partial charge is 0.458 e. The third-order valence-electron chi connectivity index (χ3n) is 3.81. The zero-order chi connectivity index (χ0) is 15.1. The first-order valence-corrected chi connectivity index (χ1v) is 9.21. The number of thioether (sulfide) groups is 1. The van der Waals surface area contributed by atoms with Crippen molar-refractivity contribution in [3.63, 3.8) is 0 Å². The molecule has 2 nitrogen and oxygen atoms in total. The normalized spacial score (nSPS) is 22.0. The lowest BCUT2D eigenvalue weighted by molar-refractivity contribution is 0.0229. The standard InChI is InChI=1S/C17H23ClO2S/c1-2-3-12-21-16-7-5-4-6-15(16)20-17(19)13-8-10-14(18)11-9-13/h8-11,15-16H,2-7,12H2,1H3/t15-,16-/m1/s1. The molecule has 4 heteroatoms. The summed E-state index contributed by atoms with van der Waals surface area (Å²) in [6.07, 6.45) is 7.07. The SMILES string of the molecule is CCCCS[C@@H]1CCCC[C@H]1OC(=O)c1ccc(Cl)cc1. The Morgan fingerprint density at radius 1 is 1.29 bits per heavy atom. The first-order valence-electron chi connectivity index (χ1n) is 7.79. The number of carbonyl (C=O) groups excluding carboxylic acids is 1. The maximum absolute atomic E-state index is 12.2. The van der Waals surface area contributed by atoms with E-state index in [1.54, 1.807) is 24.3 Å². The van der Waals surface area contributed by atoms with Gasteiger partial charge in [-0.2, -0.15) is 11.8 Å². The molecule has 1 saturated carbocycles. The lowest BCUT2D eigenvalue weighted by Crippen LogP contribution is -2.32. The van der Waals surface area contributed by atoms with Crippen LogP contribution in [0.2, 0.25) is 5.02 Å². The highest BCUT2D eigenvalue weighted by atomic mass is 35.5. The molecule has 0 heterocycles. The monoisotopic (exact) mass is 326 g/mol.